The first-order chi connectivity index (χ1) is 22.2. The lowest BCUT2D eigenvalue weighted by Gasteiger charge is -2.36. The third-order valence-electron chi connectivity index (χ3n) is 9.72. The number of aryl methyl sites for hydroxylation is 1. The average molecular weight is 630 g/mol. The number of rotatable bonds is 9. The van der Waals surface area contributed by atoms with Crippen molar-refractivity contribution in [2.75, 3.05) is 18.9 Å². The molecule has 46 heavy (non-hydrogen) atoms. The number of likely N-dealkylation sites (N-methyl/N-ethyl adjacent to an activating group) is 1. The lowest BCUT2D eigenvalue weighted by Crippen LogP contribution is -2.60. The Hall–Kier alpha value is -4.74. The molecule has 3 aromatic rings. The third kappa shape index (κ3) is 6.20. The van der Waals surface area contributed by atoms with Gasteiger partial charge in [-0.15, -0.1) is 0 Å². The molecule has 2 fully saturated rings. The number of aromatic nitrogens is 2. The fraction of sp³-hybridized carbons (Fsp3) is 0.441. The Kier molecular flexibility index (Phi) is 8.79. The van der Waals surface area contributed by atoms with Gasteiger partial charge in [0.25, 0.3) is 5.91 Å². The molecule has 3 aliphatic rings. The number of nitrogens with zero attached hydrogens (tertiary/aromatic N) is 3. The number of hydrogen-bond acceptors (Lipinski definition) is 5. The van der Waals surface area contributed by atoms with Gasteiger partial charge in [-0.2, -0.15) is 5.10 Å². The number of anilines is 1. The highest BCUT2D eigenvalue weighted by molar-refractivity contribution is 6.01. The van der Waals surface area contributed by atoms with Crippen molar-refractivity contribution in [3.8, 4) is 0 Å². The van der Waals surface area contributed by atoms with Crippen LogP contribution in [0.5, 0.6) is 0 Å². The number of carbonyl (C=O) groups is 4. The van der Waals surface area contributed by atoms with Gasteiger partial charge in [0.2, 0.25) is 11.8 Å². The fourth-order valence-corrected chi connectivity index (χ4v) is 7.33. The quantitative estimate of drug-likeness (QED) is 0.288. The minimum atomic E-state index is -1.14. The van der Waals surface area contributed by atoms with Crippen molar-refractivity contribution < 1.29 is 23.6 Å². The molecule has 1 saturated carbocycles. The smallest absolute Gasteiger partial charge is 0.318 e. The van der Waals surface area contributed by atoms with Gasteiger partial charge < -0.3 is 26.2 Å². The summed E-state index contributed by atoms with van der Waals surface area (Å²) in [6.07, 6.45) is 7.49. The van der Waals surface area contributed by atoms with E-state index in [1.165, 1.54) is 16.8 Å². The number of benzene rings is 2. The molecule has 242 valence electrons. The van der Waals surface area contributed by atoms with Crippen LogP contribution in [-0.2, 0) is 35.9 Å². The second kappa shape index (κ2) is 12.9. The largest absolute Gasteiger partial charge is 0.357 e. The van der Waals surface area contributed by atoms with E-state index in [0.29, 0.717) is 30.8 Å². The number of carbonyl (C=O) groups excluding carboxylic acids is 4. The molecular weight excluding hydrogens is 589 g/mol. The van der Waals surface area contributed by atoms with Crippen LogP contribution in [0.2, 0.25) is 0 Å². The third-order valence-corrected chi connectivity index (χ3v) is 9.72. The zero-order valence-corrected chi connectivity index (χ0v) is 26.1. The maximum atomic E-state index is 13.7. The molecule has 2 heterocycles. The van der Waals surface area contributed by atoms with Crippen LogP contribution >= 0.6 is 0 Å². The molecule has 0 bridgehead atoms. The molecule has 1 unspecified atom stereocenters. The number of urea groups is 1. The van der Waals surface area contributed by atoms with E-state index in [1.807, 2.05) is 12.1 Å². The van der Waals surface area contributed by atoms with E-state index in [9.17, 15) is 23.6 Å². The van der Waals surface area contributed by atoms with Crippen LogP contribution in [0.4, 0.5) is 14.9 Å². The van der Waals surface area contributed by atoms with Crippen molar-refractivity contribution in [1.29, 1.82) is 0 Å². The van der Waals surface area contributed by atoms with Crippen molar-refractivity contribution >= 4 is 29.4 Å². The Bertz CT molecular complexity index is 1630. The molecular formula is C34H40FN7O4. The van der Waals surface area contributed by atoms with E-state index >= 15 is 0 Å². The Labute approximate surface area is 267 Å². The van der Waals surface area contributed by atoms with Crippen LogP contribution in [0.15, 0.2) is 54.7 Å². The van der Waals surface area contributed by atoms with Gasteiger partial charge in [-0.25, -0.2) is 9.18 Å². The van der Waals surface area contributed by atoms with Gasteiger partial charge in [-0.3, -0.25) is 19.1 Å². The zero-order chi connectivity index (χ0) is 32.4. The van der Waals surface area contributed by atoms with Gasteiger partial charge in [0, 0.05) is 45.4 Å². The maximum Gasteiger partial charge on any atom is 0.318 e. The van der Waals surface area contributed by atoms with Crippen LogP contribution in [0.3, 0.4) is 0 Å². The molecule has 0 radical (unpaired) electrons. The standard InChI is InChI=1S/C34H40FN7O4/c1-36-32(45)34(42-20-27(39-33(42)46)16-21-8-11-25(35)12-9-21)18-23-10-13-26(17-24(23)19-34)38-31(44)29(22-6-4-3-5-7-22)40-30(43)28-14-15-37-41(28)2/h8-15,17,22,27,29H,3-7,16,18-20H2,1-2H3,(H,36,45)(H,38,44)(H,39,46)(H,40,43)/t27-,29+,34?/m1/s1. The molecule has 4 N–H and O–H groups in total. The molecule has 2 aliphatic carbocycles. The summed E-state index contributed by atoms with van der Waals surface area (Å²) in [6, 6.07) is 12.1. The van der Waals surface area contributed by atoms with E-state index < -0.39 is 11.6 Å². The van der Waals surface area contributed by atoms with Gasteiger partial charge >= 0.3 is 6.03 Å². The summed E-state index contributed by atoms with van der Waals surface area (Å²) in [5, 5.41) is 15.8. The van der Waals surface area contributed by atoms with E-state index in [0.717, 1.165) is 48.8 Å². The summed E-state index contributed by atoms with van der Waals surface area (Å²) >= 11 is 0. The fourth-order valence-electron chi connectivity index (χ4n) is 7.33. The monoisotopic (exact) mass is 629 g/mol. The van der Waals surface area contributed by atoms with Crippen LogP contribution < -0.4 is 21.3 Å². The van der Waals surface area contributed by atoms with Crippen molar-refractivity contribution in [2.24, 2.45) is 13.0 Å². The zero-order valence-electron chi connectivity index (χ0n) is 26.1. The van der Waals surface area contributed by atoms with Crippen LogP contribution in [0.25, 0.3) is 0 Å². The normalized spacial score (nSPS) is 21.8. The van der Waals surface area contributed by atoms with E-state index in [1.54, 1.807) is 49.5 Å². The van der Waals surface area contributed by atoms with Crippen LogP contribution in [0.1, 0.15) is 59.3 Å². The van der Waals surface area contributed by atoms with Crippen molar-refractivity contribution in [3.05, 3.63) is 82.9 Å². The Morgan fingerprint density at radius 1 is 1.04 bits per heavy atom. The number of halogens is 1. The highest BCUT2D eigenvalue weighted by Crippen LogP contribution is 2.38. The van der Waals surface area contributed by atoms with Gasteiger partial charge in [0.05, 0.1) is 6.04 Å². The number of hydrogen-bond donors (Lipinski definition) is 4. The summed E-state index contributed by atoms with van der Waals surface area (Å²) in [5.41, 5.74) is 2.48. The summed E-state index contributed by atoms with van der Waals surface area (Å²) in [4.78, 5) is 55.3. The second-order valence-electron chi connectivity index (χ2n) is 12.7. The molecule has 2 aromatic carbocycles. The van der Waals surface area contributed by atoms with Crippen molar-refractivity contribution in [1.82, 2.24) is 30.6 Å². The molecule has 6 rings (SSSR count). The molecule has 1 aliphatic heterocycles. The summed E-state index contributed by atoms with van der Waals surface area (Å²) < 4.78 is 14.9. The summed E-state index contributed by atoms with van der Waals surface area (Å²) in [5.74, 6) is -1.21. The Morgan fingerprint density at radius 3 is 2.48 bits per heavy atom. The Balaban J connectivity index is 1.19. The summed E-state index contributed by atoms with van der Waals surface area (Å²) in [6.45, 7) is 0.320. The van der Waals surface area contributed by atoms with E-state index in [-0.39, 0.29) is 48.0 Å². The highest BCUT2D eigenvalue weighted by Gasteiger charge is 2.53. The molecule has 0 spiro atoms. The molecule has 11 nitrogen and oxygen atoms in total. The highest BCUT2D eigenvalue weighted by atomic mass is 19.1. The van der Waals surface area contributed by atoms with Crippen molar-refractivity contribution in [2.45, 2.75) is 69.0 Å². The second-order valence-corrected chi connectivity index (χ2v) is 12.7. The number of nitrogens with one attached hydrogen (secondary N) is 4. The van der Waals surface area contributed by atoms with Gasteiger partial charge in [0.1, 0.15) is 23.1 Å². The predicted molar refractivity (Wildman–Crippen MR) is 169 cm³/mol. The first-order valence-electron chi connectivity index (χ1n) is 15.9. The van der Waals surface area contributed by atoms with E-state index in [4.69, 9.17) is 0 Å². The summed E-state index contributed by atoms with van der Waals surface area (Å²) in [7, 11) is 3.25. The van der Waals surface area contributed by atoms with E-state index in [2.05, 4.69) is 26.4 Å². The van der Waals surface area contributed by atoms with Gasteiger partial charge in [-0.05, 0) is 72.2 Å². The lowest BCUT2D eigenvalue weighted by molar-refractivity contribution is -0.130. The molecule has 1 aromatic heterocycles. The molecule has 1 saturated heterocycles. The average Bonchev–Trinajstić information content (AvgIpc) is 3.77. The number of fused-ring (bicyclic) bond motifs is 1. The number of amides is 5. The van der Waals surface area contributed by atoms with Gasteiger partial charge in [0.15, 0.2) is 0 Å². The molecule has 12 heteroatoms. The predicted octanol–water partition coefficient (Wildman–Crippen LogP) is 3.10. The van der Waals surface area contributed by atoms with Crippen molar-refractivity contribution in [3.63, 3.8) is 0 Å². The first kappa shape index (κ1) is 31.3. The minimum absolute atomic E-state index is 0.0118. The lowest BCUT2D eigenvalue weighted by atomic mass is 9.83. The van der Waals surface area contributed by atoms with Gasteiger partial charge in [-0.1, -0.05) is 37.5 Å². The maximum absolute atomic E-state index is 13.7. The van der Waals surface area contributed by atoms with Crippen LogP contribution in [-0.4, -0.2) is 69.6 Å². The molecule has 3 atom stereocenters. The van der Waals surface area contributed by atoms with Crippen LogP contribution in [0, 0.1) is 11.7 Å². The topological polar surface area (TPSA) is 137 Å². The minimum Gasteiger partial charge on any atom is -0.357 e. The Morgan fingerprint density at radius 2 is 1.78 bits per heavy atom. The SMILES string of the molecule is CNC(=O)C1(N2C[C@@H](Cc3ccc(F)cc3)NC2=O)Cc2ccc(NC(=O)[C@@H](NC(=O)c3ccnn3C)C3CCCCC3)cc2C1. The first-order valence-corrected chi connectivity index (χ1v) is 15.9. The molecule has 5 amide bonds.